The molecule has 338 valence electrons. The molecule has 0 bridgehead atoms. The third kappa shape index (κ3) is 3.45. The van der Waals surface area contributed by atoms with Crippen LogP contribution < -0.4 is 4.90 Å². The second-order valence-electron chi connectivity index (χ2n) is 23.6. The van der Waals surface area contributed by atoms with Gasteiger partial charge in [0.1, 0.15) is 0 Å². The molecular formula is C68H44N2O2. The molecule has 6 aliphatic carbocycles. The maximum Gasteiger partial charge on any atom is 0.171 e. The number of para-hydroxylation sites is 2. The van der Waals surface area contributed by atoms with E-state index >= 15 is 9.59 Å². The number of ketones is 2. The Labute approximate surface area is 415 Å². The molecule has 4 heterocycles. The number of benzene rings is 9. The highest BCUT2D eigenvalue weighted by atomic mass is 16.1. The standard InChI is InChI=1S/C68H44N2O2/c1-65(2)47-25-13-15-27-49(47)69-50-28-16-14-26-48(50)66(3,4)60-54-42-30-38-40(64(72)58-36-20-8-12-24-46(36)68(58)44-22-10-6-18-34(44)56(38)68)32-52(42)70-51-31-39-37(29-41(51)53(61(54)70)59(65)62(60)69)55-33-17-5-9-21-43(33)67(55)45-23-11-7-19-35(45)57(67)63(39)71/h5-32,55-58H,1-4H3. The van der Waals surface area contributed by atoms with Crippen molar-refractivity contribution in [3.63, 3.8) is 0 Å². The Kier molecular flexibility index (Phi) is 5.93. The quantitative estimate of drug-likeness (QED) is 0.152. The van der Waals surface area contributed by atoms with Gasteiger partial charge in [0.05, 0.1) is 45.4 Å². The van der Waals surface area contributed by atoms with Crippen molar-refractivity contribution in [2.75, 3.05) is 4.90 Å². The minimum atomic E-state index is -0.415. The van der Waals surface area contributed by atoms with E-state index in [0.29, 0.717) is 0 Å². The normalized spacial score (nSPS) is 25.6. The van der Waals surface area contributed by atoms with Crippen LogP contribution in [0.15, 0.2) is 170 Å². The van der Waals surface area contributed by atoms with E-state index in [1.54, 1.807) is 0 Å². The number of rotatable bonds is 0. The summed E-state index contributed by atoms with van der Waals surface area (Å²) in [6, 6.07) is 62.9. The summed E-state index contributed by atoms with van der Waals surface area (Å²) in [6.45, 7) is 9.75. The van der Waals surface area contributed by atoms with Gasteiger partial charge in [-0.1, -0.05) is 161 Å². The summed E-state index contributed by atoms with van der Waals surface area (Å²) in [5.41, 5.74) is 24.8. The van der Waals surface area contributed by atoms with Crippen molar-refractivity contribution in [2.45, 2.75) is 73.0 Å². The summed E-state index contributed by atoms with van der Waals surface area (Å²) in [6.07, 6.45) is 0. The fraction of sp³-hybridized carbons (Fsp3) is 0.176. The Morgan fingerprint density at radius 1 is 0.389 bits per heavy atom. The molecule has 9 aromatic carbocycles. The lowest BCUT2D eigenvalue weighted by atomic mass is 9.36. The third-order valence-corrected chi connectivity index (χ3v) is 20.5. The zero-order chi connectivity index (χ0) is 47.4. The summed E-state index contributed by atoms with van der Waals surface area (Å²) >= 11 is 0. The molecular weight excluding hydrogens is 877 g/mol. The lowest BCUT2D eigenvalue weighted by Gasteiger charge is -2.64. The summed E-state index contributed by atoms with van der Waals surface area (Å²) in [5.74, 6) is 0.0851. The van der Waals surface area contributed by atoms with Gasteiger partial charge in [0, 0.05) is 66.2 Å². The smallest absolute Gasteiger partial charge is 0.171 e. The van der Waals surface area contributed by atoms with E-state index in [9.17, 15) is 0 Å². The van der Waals surface area contributed by atoms with Crippen molar-refractivity contribution in [3.8, 4) is 0 Å². The van der Waals surface area contributed by atoms with Crippen molar-refractivity contribution < 1.29 is 9.59 Å². The van der Waals surface area contributed by atoms with E-state index in [1.165, 1.54) is 111 Å². The highest BCUT2D eigenvalue weighted by molar-refractivity contribution is 6.30. The SMILES string of the molecule is CC1(C)c2ccccc2N2c3ccccc3C(C)(C)c3c2c1c1c2cc4c(cc2n2c5cc6c(cc5c3c12)C1c2ccccc2C12c1ccccc1C2C6=O)C(=O)C1c2ccccc2C12c1ccccc1C42. The molecule has 0 saturated carbocycles. The van der Waals surface area contributed by atoms with Gasteiger partial charge in [0.2, 0.25) is 0 Å². The third-order valence-electron chi connectivity index (χ3n) is 20.5. The highest BCUT2D eigenvalue weighted by Gasteiger charge is 2.71. The van der Waals surface area contributed by atoms with Crippen LogP contribution in [0, 0.1) is 0 Å². The Morgan fingerprint density at radius 2 is 0.736 bits per heavy atom. The van der Waals surface area contributed by atoms with E-state index in [1.807, 2.05) is 0 Å². The van der Waals surface area contributed by atoms with Gasteiger partial charge in [0.15, 0.2) is 11.6 Å². The minimum Gasteiger partial charge on any atom is -0.309 e. The molecule has 0 saturated heterocycles. The number of fused-ring (bicyclic) bond motifs is 24. The van der Waals surface area contributed by atoms with Crippen LogP contribution in [0.4, 0.5) is 17.1 Å². The molecule has 0 fully saturated rings. The van der Waals surface area contributed by atoms with E-state index < -0.39 is 10.8 Å². The van der Waals surface area contributed by atoms with Gasteiger partial charge in [-0.25, -0.2) is 0 Å². The van der Waals surface area contributed by atoms with Crippen LogP contribution in [-0.2, 0) is 21.7 Å². The fourth-order valence-corrected chi connectivity index (χ4v) is 18.1. The van der Waals surface area contributed by atoms with Gasteiger partial charge < -0.3 is 9.30 Å². The number of anilines is 3. The number of nitrogens with zero attached hydrogens (tertiary/aromatic N) is 2. The summed E-state index contributed by atoms with van der Waals surface area (Å²) in [5, 5.41) is 4.87. The molecule has 72 heavy (non-hydrogen) atoms. The molecule has 2 aromatic heterocycles. The van der Waals surface area contributed by atoms with Gasteiger partial charge in [-0.2, -0.15) is 0 Å². The lowest BCUT2D eigenvalue weighted by molar-refractivity contribution is 0.0839. The van der Waals surface area contributed by atoms with Gasteiger partial charge in [0.25, 0.3) is 0 Å². The fourth-order valence-electron chi connectivity index (χ4n) is 18.1. The van der Waals surface area contributed by atoms with Gasteiger partial charge in [-0.3, -0.25) is 9.59 Å². The largest absolute Gasteiger partial charge is 0.309 e. The first kappa shape index (κ1) is 37.7. The van der Waals surface area contributed by atoms with E-state index in [-0.39, 0.29) is 46.1 Å². The molecule has 0 radical (unpaired) electrons. The molecule has 11 aromatic rings. The van der Waals surface area contributed by atoms with Crippen LogP contribution in [-0.4, -0.2) is 16.0 Å². The van der Waals surface area contributed by atoms with Crippen LogP contribution in [0.1, 0.15) is 150 Å². The number of hydrogen-bond donors (Lipinski definition) is 0. The zero-order valence-corrected chi connectivity index (χ0v) is 40.2. The van der Waals surface area contributed by atoms with Crippen LogP contribution in [0.2, 0.25) is 0 Å². The predicted octanol–water partition coefficient (Wildman–Crippen LogP) is 15.0. The topological polar surface area (TPSA) is 41.8 Å². The van der Waals surface area contributed by atoms with Crippen molar-refractivity contribution in [3.05, 3.63) is 259 Å². The monoisotopic (exact) mass is 920 g/mol. The van der Waals surface area contributed by atoms with Crippen LogP contribution in [0.5, 0.6) is 0 Å². The van der Waals surface area contributed by atoms with E-state index in [4.69, 9.17) is 0 Å². The Balaban J connectivity index is 1.01. The van der Waals surface area contributed by atoms with Gasteiger partial charge >= 0.3 is 0 Å². The number of aromatic nitrogens is 1. The van der Waals surface area contributed by atoms with Crippen molar-refractivity contribution in [1.82, 2.24) is 4.40 Å². The lowest BCUT2D eigenvalue weighted by Crippen LogP contribution is -2.61. The van der Waals surface area contributed by atoms with Crippen LogP contribution in [0.25, 0.3) is 38.1 Å². The molecule has 2 aliphatic heterocycles. The molecule has 0 amide bonds. The number of carbonyl (C=O) groups is 2. The van der Waals surface area contributed by atoms with Crippen LogP contribution in [0.3, 0.4) is 0 Å². The maximum atomic E-state index is 15.7. The second-order valence-corrected chi connectivity index (χ2v) is 23.6. The number of carbonyl (C=O) groups excluding carboxylic acids is 2. The zero-order valence-electron chi connectivity index (χ0n) is 40.2. The van der Waals surface area contributed by atoms with Crippen molar-refractivity contribution in [2.24, 2.45) is 0 Å². The molecule has 6 atom stereocenters. The molecule has 6 unspecified atom stereocenters. The first-order valence-corrected chi connectivity index (χ1v) is 26.0. The first-order valence-electron chi connectivity index (χ1n) is 26.0. The molecule has 4 nitrogen and oxygen atoms in total. The second kappa shape index (κ2) is 11.3. The maximum absolute atomic E-state index is 15.7. The average molecular weight is 921 g/mol. The average Bonchev–Trinajstić information content (AvgIpc) is 3.87. The Hall–Kier alpha value is -8.08. The minimum absolute atomic E-state index is 0.0597. The predicted molar refractivity (Wildman–Crippen MR) is 285 cm³/mol. The Bertz CT molecular complexity index is 4280. The summed E-state index contributed by atoms with van der Waals surface area (Å²) in [7, 11) is 0. The molecule has 4 heteroatoms. The van der Waals surface area contributed by atoms with Gasteiger partial charge in [-0.05, 0) is 114 Å². The Morgan fingerprint density at radius 3 is 1.14 bits per heavy atom. The summed E-state index contributed by atoms with van der Waals surface area (Å²) in [4.78, 5) is 34.0. The molecule has 8 aliphatic rings. The molecule has 2 spiro atoms. The van der Waals surface area contributed by atoms with E-state index in [2.05, 4.69) is 207 Å². The summed E-state index contributed by atoms with van der Waals surface area (Å²) < 4.78 is 2.52. The number of Topliss-reactive ketones (excluding diaryl/α,β-unsaturated/α-hetero) is 2. The van der Waals surface area contributed by atoms with Crippen molar-refractivity contribution in [1.29, 1.82) is 0 Å². The molecule has 0 N–H and O–H groups in total. The van der Waals surface area contributed by atoms with E-state index in [0.717, 1.165) is 33.3 Å². The van der Waals surface area contributed by atoms with Gasteiger partial charge in [-0.15, -0.1) is 0 Å². The van der Waals surface area contributed by atoms with Crippen molar-refractivity contribution >= 4 is 66.7 Å². The molecule has 19 rings (SSSR count). The number of hydrogen-bond acceptors (Lipinski definition) is 3. The first-order chi connectivity index (χ1) is 35.1. The van der Waals surface area contributed by atoms with Crippen LogP contribution >= 0.6 is 0 Å². The highest BCUT2D eigenvalue weighted by Crippen LogP contribution is 2.76.